The lowest BCUT2D eigenvalue weighted by molar-refractivity contribution is -0.129. The molecule has 4 fully saturated rings. The summed E-state index contributed by atoms with van der Waals surface area (Å²) in [4.78, 5) is 20.0. The first-order valence-corrected chi connectivity index (χ1v) is 9.50. The summed E-state index contributed by atoms with van der Waals surface area (Å²) in [5, 5.41) is 3.24. The third-order valence-corrected chi connectivity index (χ3v) is 5.77. The first-order valence-electron chi connectivity index (χ1n) is 9.50. The van der Waals surface area contributed by atoms with Gasteiger partial charge in [0.25, 0.3) is 0 Å². The Balaban J connectivity index is 1.55. The van der Waals surface area contributed by atoms with Gasteiger partial charge in [0.1, 0.15) is 6.04 Å². The van der Waals surface area contributed by atoms with Gasteiger partial charge in [0.05, 0.1) is 12.2 Å². The number of fused-ring (bicyclic) bond motifs is 4. The van der Waals surface area contributed by atoms with Gasteiger partial charge in [-0.05, 0) is 40.7 Å². The van der Waals surface area contributed by atoms with Crippen LogP contribution < -0.4 is 5.32 Å². The predicted octanol–water partition coefficient (Wildman–Crippen LogP) is 0.380. The van der Waals surface area contributed by atoms with E-state index in [2.05, 4.69) is 47.7 Å². The van der Waals surface area contributed by atoms with Crippen molar-refractivity contribution in [3.63, 3.8) is 0 Å². The van der Waals surface area contributed by atoms with Crippen LogP contribution in [0.2, 0.25) is 0 Å². The number of hydrogen-bond acceptors (Lipinski definition) is 5. The molecule has 0 saturated carbocycles. The Morgan fingerprint density at radius 3 is 2.50 bits per heavy atom. The van der Waals surface area contributed by atoms with Crippen molar-refractivity contribution in [3.8, 4) is 0 Å². The van der Waals surface area contributed by atoms with Crippen LogP contribution in [0, 0.1) is 0 Å². The van der Waals surface area contributed by atoms with Crippen molar-refractivity contribution in [2.75, 3.05) is 52.4 Å². The summed E-state index contributed by atoms with van der Waals surface area (Å²) in [7, 11) is 0. The third-order valence-electron chi connectivity index (χ3n) is 5.77. The van der Waals surface area contributed by atoms with Crippen LogP contribution >= 0.6 is 0 Å². The molecule has 4 heterocycles. The van der Waals surface area contributed by atoms with E-state index in [-0.39, 0.29) is 29.7 Å². The van der Waals surface area contributed by atoms with Gasteiger partial charge in [-0.1, -0.05) is 0 Å². The second kappa shape index (κ2) is 7.28. The van der Waals surface area contributed by atoms with E-state index >= 15 is 0 Å². The zero-order chi connectivity index (χ0) is 17.3. The molecular weight excluding hydrogens is 304 g/mol. The zero-order valence-electron chi connectivity index (χ0n) is 15.8. The van der Waals surface area contributed by atoms with Crippen LogP contribution in [0.5, 0.6) is 0 Å². The summed E-state index contributed by atoms with van der Waals surface area (Å²) in [5.74, 6) is 0.198. The molecule has 5 atom stereocenters. The lowest BCUT2D eigenvalue weighted by Crippen LogP contribution is -2.61. The van der Waals surface area contributed by atoms with E-state index in [1.165, 1.54) is 6.42 Å². The molecule has 0 radical (unpaired) electrons. The van der Waals surface area contributed by atoms with E-state index in [4.69, 9.17) is 4.74 Å². The number of morpholine rings is 1. The molecule has 1 amide bonds. The largest absolute Gasteiger partial charge is 0.373 e. The molecule has 1 N–H and O–H groups in total. The minimum atomic E-state index is -0.0542. The molecule has 0 aromatic carbocycles. The fraction of sp³-hybridized carbons (Fsp3) is 0.944. The van der Waals surface area contributed by atoms with E-state index in [0.29, 0.717) is 6.54 Å². The summed E-state index contributed by atoms with van der Waals surface area (Å²) in [6, 6.07) is 0.0274. The molecule has 2 bridgehead atoms. The van der Waals surface area contributed by atoms with Gasteiger partial charge in [-0.15, -0.1) is 0 Å². The van der Waals surface area contributed by atoms with Gasteiger partial charge in [-0.2, -0.15) is 0 Å². The normalized spacial score (nSPS) is 37.9. The van der Waals surface area contributed by atoms with Gasteiger partial charge in [0.2, 0.25) is 5.91 Å². The minimum absolute atomic E-state index is 0.0274. The van der Waals surface area contributed by atoms with Crippen LogP contribution in [-0.2, 0) is 9.53 Å². The van der Waals surface area contributed by atoms with Gasteiger partial charge >= 0.3 is 0 Å². The molecule has 4 rings (SSSR count). The van der Waals surface area contributed by atoms with Crippen LogP contribution in [0.3, 0.4) is 0 Å². The highest BCUT2D eigenvalue weighted by Gasteiger charge is 2.37. The average molecular weight is 338 g/mol. The summed E-state index contributed by atoms with van der Waals surface area (Å²) in [5.41, 5.74) is -0.0542. The van der Waals surface area contributed by atoms with Gasteiger partial charge in [-0.3, -0.25) is 19.5 Å². The van der Waals surface area contributed by atoms with Gasteiger partial charge in [-0.25, -0.2) is 0 Å². The zero-order valence-corrected chi connectivity index (χ0v) is 15.8. The molecule has 4 aliphatic rings. The fourth-order valence-corrected chi connectivity index (χ4v) is 4.30. The van der Waals surface area contributed by atoms with Crippen molar-refractivity contribution in [3.05, 3.63) is 0 Å². The maximum Gasteiger partial charge on any atom is 0.238 e. The molecule has 0 aromatic heterocycles. The highest BCUT2D eigenvalue weighted by atomic mass is 16.5. The fourth-order valence-electron chi connectivity index (χ4n) is 4.30. The Morgan fingerprint density at radius 1 is 1.08 bits per heavy atom. The van der Waals surface area contributed by atoms with E-state index in [9.17, 15) is 4.79 Å². The topological polar surface area (TPSA) is 48.1 Å². The molecule has 24 heavy (non-hydrogen) atoms. The van der Waals surface area contributed by atoms with Gasteiger partial charge < -0.3 is 10.1 Å². The number of amides is 1. The third kappa shape index (κ3) is 4.10. The Bertz CT molecular complexity index is 442. The lowest BCUT2D eigenvalue weighted by atomic mass is 9.99. The average Bonchev–Trinajstić information content (AvgIpc) is 2.87. The summed E-state index contributed by atoms with van der Waals surface area (Å²) in [6.07, 6.45) is 1.68. The second-order valence-corrected chi connectivity index (χ2v) is 8.40. The lowest BCUT2D eigenvalue weighted by Gasteiger charge is -2.45. The number of piperazine rings is 1. The highest BCUT2D eigenvalue weighted by molar-refractivity contribution is 5.82. The number of nitrogens with zero attached hydrogens (tertiary/aromatic N) is 3. The van der Waals surface area contributed by atoms with Crippen molar-refractivity contribution >= 4 is 5.91 Å². The minimum Gasteiger partial charge on any atom is -0.373 e. The first kappa shape index (κ1) is 18.1. The maximum atomic E-state index is 12.8. The summed E-state index contributed by atoms with van der Waals surface area (Å²) >= 11 is 0. The quantitative estimate of drug-likeness (QED) is 0.803. The number of carbonyl (C=O) groups is 1. The van der Waals surface area contributed by atoms with Crippen LogP contribution in [0.25, 0.3) is 0 Å². The van der Waals surface area contributed by atoms with Crippen molar-refractivity contribution in [2.45, 2.75) is 57.9 Å². The number of carbonyl (C=O) groups excluding carboxylic acids is 1. The SMILES string of the molecule is C[C@@H]1CN(C(C)(C)CNC(=O)[C@@H]2CN3CCCN2CC3)C[C@H](C)O1. The predicted molar refractivity (Wildman–Crippen MR) is 95.1 cm³/mol. The summed E-state index contributed by atoms with van der Waals surface area (Å²) < 4.78 is 5.84. The van der Waals surface area contributed by atoms with E-state index in [1.54, 1.807) is 0 Å². The molecule has 6 nitrogen and oxygen atoms in total. The summed E-state index contributed by atoms with van der Waals surface area (Å²) in [6.45, 7) is 16.5. The van der Waals surface area contributed by atoms with Gasteiger partial charge in [0.15, 0.2) is 0 Å². The van der Waals surface area contributed by atoms with Crippen LogP contribution in [-0.4, -0.2) is 96.8 Å². The number of hydrogen-bond donors (Lipinski definition) is 1. The van der Waals surface area contributed by atoms with Crippen molar-refractivity contribution in [1.29, 1.82) is 0 Å². The van der Waals surface area contributed by atoms with Crippen molar-refractivity contribution in [1.82, 2.24) is 20.0 Å². The Kier molecular flexibility index (Phi) is 5.49. The van der Waals surface area contributed by atoms with E-state index in [0.717, 1.165) is 45.8 Å². The monoisotopic (exact) mass is 338 g/mol. The number of rotatable bonds is 4. The Hall–Kier alpha value is -0.690. The standard InChI is InChI=1S/C18H34N4O2/c1-14-10-22(11-15(2)24-14)18(3,4)13-19-17(23)16-12-20-6-5-7-21(16)9-8-20/h14-16H,5-13H2,1-4H3,(H,19,23)/t14-,15+,16-/m0/s1. The highest BCUT2D eigenvalue weighted by Crippen LogP contribution is 2.21. The molecule has 6 heteroatoms. The van der Waals surface area contributed by atoms with Crippen molar-refractivity contribution in [2.24, 2.45) is 0 Å². The van der Waals surface area contributed by atoms with E-state index < -0.39 is 0 Å². The second-order valence-electron chi connectivity index (χ2n) is 8.40. The molecule has 138 valence electrons. The van der Waals surface area contributed by atoms with E-state index in [1.807, 2.05) is 0 Å². The van der Waals surface area contributed by atoms with Crippen LogP contribution in [0.4, 0.5) is 0 Å². The molecular formula is C18H34N4O2. The van der Waals surface area contributed by atoms with Crippen molar-refractivity contribution < 1.29 is 9.53 Å². The van der Waals surface area contributed by atoms with Crippen LogP contribution in [0.1, 0.15) is 34.1 Å². The molecule has 4 aliphatic heterocycles. The number of nitrogens with one attached hydrogen (secondary N) is 1. The van der Waals surface area contributed by atoms with Gasteiger partial charge in [0, 0.05) is 51.4 Å². The molecule has 2 unspecified atom stereocenters. The smallest absolute Gasteiger partial charge is 0.238 e. The first-order chi connectivity index (χ1) is 11.3. The Labute approximate surface area is 146 Å². The number of ether oxygens (including phenoxy) is 1. The maximum absolute atomic E-state index is 12.8. The molecule has 0 spiro atoms. The molecule has 0 aliphatic carbocycles. The Morgan fingerprint density at radius 2 is 1.79 bits per heavy atom. The molecule has 0 aromatic rings. The van der Waals surface area contributed by atoms with Crippen LogP contribution in [0.15, 0.2) is 0 Å². The molecule has 4 saturated heterocycles.